The van der Waals surface area contributed by atoms with Crippen molar-refractivity contribution < 1.29 is 9.21 Å². The molecule has 0 saturated carbocycles. The number of anilines is 1. The van der Waals surface area contributed by atoms with Crippen LogP contribution >= 0.6 is 11.8 Å². The topological polar surface area (TPSA) is 55.1 Å². The molecule has 1 aromatic heterocycles. The minimum Gasteiger partial charge on any atom is -0.437 e. The summed E-state index contributed by atoms with van der Waals surface area (Å²) < 4.78 is 5.53. The van der Waals surface area contributed by atoms with E-state index in [0.717, 1.165) is 27.9 Å². The molecule has 4 nitrogen and oxygen atoms in total. The molecule has 0 saturated heterocycles. The Kier molecular flexibility index (Phi) is 4.39. The van der Waals surface area contributed by atoms with E-state index in [0.29, 0.717) is 5.22 Å². The van der Waals surface area contributed by atoms with E-state index in [4.69, 9.17) is 4.42 Å². The first kappa shape index (κ1) is 15.6. The predicted octanol–water partition coefficient (Wildman–Crippen LogP) is 4.56. The number of hydrogen-bond acceptors (Lipinski definition) is 4. The van der Waals surface area contributed by atoms with E-state index in [-0.39, 0.29) is 11.2 Å². The molecule has 2 aromatic carbocycles. The molecule has 3 rings (SSSR count). The summed E-state index contributed by atoms with van der Waals surface area (Å²) in [6.45, 7) is 5.61. The van der Waals surface area contributed by atoms with E-state index in [1.807, 2.05) is 63.2 Å². The lowest BCUT2D eigenvalue weighted by Gasteiger charge is -2.12. The maximum Gasteiger partial charge on any atom is 0.256 e. The van der Waals surface area contributed by atoms with Gasteiger partial charge in [-0.1, -0.05) is 48.2 Å². The van der Waals surface area contributed by atoms with Crippen LogP contribution in [-0.2, 0) is 4.79 Å². The van der Waals surface area contributed by atoms with Gasteiger partial charge in [-0.3, -0.25) is 4.79 Å². The van der Waals surface area contributed by atoms with Gasteiger partial charge in [0.25, 0.3) is 5.22 Å². The monoisotopic (exact) mass is 326 g/mol. The number of carbonyl (C=O) groups is 1. The van der Waals surface area contributed by atoms with Gasteiger partial charge in [0.1, 0.15) is 5.76 Å². The molecule has 0 aliphatic rings. The molecule has 0 aliphatic carbocycles. The molecule has 0 fully saturated rings. The van der Waals surface area contributed by atoms with Gasteiger partial charge < -0.3 is 9.73 Å². The van der Waals surface area contributed by atoms with Gasteiger partial charge in [-0.2, -0.15) is 0 Å². The molecule has 1 unspecified atom stereocenters. The lowest BCUT2D eigenvalue weighted by Crippen LogP contribution is -2.22. The van der Waals surface area contributed by atoms with E-state index in [1.165, 1.54) is 11.8 Å². The first-order valence-corrected chi connectivity index (χ1v) is 8.32. The Balaban J connectivity index is 1.75. The molecule has 0 bridgehead atoms. The third-order valence-electron chi connectivity index (χ3n) is 3.70. The zero-order chi connectivity index (χ0) is 16.4. The quantitative estimate of drug-likeness (QED) is 0.714. The zero-order valence-electron chi connectivity index (χ0n) is 13.3. The molecule has 0 radical (unpaired) electrons. The predicted molar refractivity (Wildman–Crippen MR) is 93.9 cm³/mol. The number of aromatic nitrogens is 1. The fourth-order valence-corrected chi connectivity index (χ4v) is 3.10. The Morgan fingerprint density at radius 1 is 1.17 bits per heavy atom. The highest BCUT2D eigenvalue weighted by Gasteiger charge is 2.18. The summed E-state index contributed by atoms with van der Waals surface area (Å²) >= 11 is 1.32. The zero-order valence-corrected chi connectivity index (χ0v) is 14.1. The fraction of sp³-hybridized carbons (Fsp3) is 0.222. The van der Waals surface area contributed by atoms with Crippen molar-refractivity contribution in [2.24, 2.45) is 0 Å². The number of aryl methyl sites for hydroxylation is 2. The molecule has 118 valence electrons. The normalized spacial score (nSPS) is 12.3. The van der Waals surface area contributed by atoms with Gasteiger partial charge in [-0.05, 0) is 32.2 Å². The van der Waals surface area contributed by atoms with Crippen molar-refractivity contribution in [1.82, 2.24) is 4.98 Å². The third kappa shape index (κ3) is 3.40. The Morgan fingerprint density at radius 2 is 1.91 bits per heavy atom. The highest BCUT2D eigenvalue weighted by Crippen LogP contribution is 2.27. The first-order valence-electron chi connectivity index (χ1n) is 7.44. The van der Waals surface area contributed by atoms with Crippen LogP contribution in [-0.4, -0.2) is 16.1 Å². The smallest absolute Gasteiger partial charge is 0.256 e. The number of fused-ring (bicyclic) bond motifs is 1. The van der Waals surface area contributed by atoms with Gasteiger partial charge in [0.05, 0.1) is 10.9 Å². The molecule has 0 spiro atoms. The molecule has 3 aromatic rings. The number of rotatable bonds is 4. The second-order valence-corrected chi connectivity index (χ2v) is 6.69. The fourth-order valence-electron chi connectivity index (χ4n) is 2.27. The summed E-state index contributed by atoms with van der Waals surface area (Å²) in [5.41, 5.74) is 1.68. The molecular weight excluding hydrogens is 308 g/mol. The molecule has 1 atom stereocenters. The summed E-state index contributed by atoms with van der Waals surface area (Å²) in [5.74, 6) is 0.717. The summed E-state index contributed by atoms with van der Waals surface area (Å²) in [4.78, 5) is 16.8. The van der Waals surface area contributed by atoms with E-state index in [9.17, 15) is 4.79 Å². The van der Waals surface area contributed by atoms with Crippen LogP contribution in [0.4, 0.5) is 5.69 Å². The number of oxazole rings is 1. The van der Waals surface area contributed by atoms with Crippen molar-refractivity contribution in [3.63, 3.8) is 0 Å². The average Bonchev–Trinajstić information content (AvgIpc) is 2.85. The molecule has 1 heterocycles. The van der Waals surface area contributed by atoms with Crippen molar-refractivity contribution >= 4 is 34.1 Å². The van der Waals surface area contributed by atoms with Crippen molar-refractivity contribution in [1.29, 1.82) is 0 Å². The van der Waals surface area contributed by atoms with Crippen molar-refractivity contribution in [2.45, 2.75) is 31.2 Å². The van der Waals surface area contributed by atoms with Crippen LogP contribution in [0, 0.1) is 13.8 Å². The standard InChI is InChI=1S/C18H18N2O2S/c1-11-12(2)22-18(19-11)23-13(3)17(21)20-16-10-6-8-14-7-4-5-9-15(14)16/h4-10,13H,1-3H3,(H,20,21). The highest BCUT2D eigenvalue weighted by molar-refractivity contribution is 8.00. The molecule has 1 N–H and O–H groups in total. The number of hydrogen-bond donors (Lipinski definition) is 1. The minimum atomic E-state index is -0.300. The van der Waals surface area contributed by atoms with E-state index >= 15 is 0 Å². The number of nitrogens with zero attached hydrogens (tertiary/aromatic N) is 1. The van der Waals surface area contributed by atoms with Crippen LogP contribution in [0.1, 0.15) is 18.4 Å². The second kappa shape index (κ2) is 6.46. The van der Waals surface area contributed by atoms with Gasteiger partial charge in [0.15, 0.2) is 0 Å². The lowest BCUT2D eigenvalue weighted by atomic mass is 10.1. The maximum atomic E-state index is 12.5. The summed E-state index contributed by atoms with van der Waals surface area (Å²) in [6, 6.07) is 13.9. The van der Waals surface area contributed by atoms with Gasteiger partial charge >= 0.3 is 0 Å². The van der Waals surface area contributed by atoms with Crippen molar-refractivity contribution in [2.75, 3.05) is 5.32 Å². The van der Waals surface area contributed by atoms with Crippen molar-refractivity contribution in [3.05, 3.63) is 53.9 Å². The van der Waals surface area contributed by atoms with E-state index < -0.39 is 0 Å². The van der Waals surface area contributed by atoms with Crippen LogP contribution in [0.3, 0.4) is 0 Å². The molecule has 0 aliphatic heterocycles. The highest BCUT2D eigenvalue weighted by atomic mass is 32.2. The minimum absolute atomic E-state index is 0.0696. The summed E-state index contributed by atoms with van der Waals surface area (Å²) in [5, 5.41) is 5.36. The lowest BCUT2D eigenvalue weighted by molar-refractivity contribution is -0.115. The molecule has 1 amide bonds. The Morgan fingerprint density at radius 3 is 2.65 bits per heavy atom. The van der Waals surface area contributed by atoms with Crippen LogP contribution in [0.15, 0.2) is 52.1 Å². The molecule has 5 heteroatoms. The van der Waals surface area contributed by atoms with Gasteiger partial charge in [-0.15, -0.1) is 0 Å². The number of carbonyl (C=O) groups excluding carboxylic acids is 1. The van der Waals surface area contributed by atoms with Crippen LogP contribution < -0.4 is 5.32 Å². The van der Waals surface area contributed by atoms with E-state index in [1.54, 1.807) is 0 Å². The SMILES string of the molecule is Cc1nc(SC(C)C(=O)Nc2cccc3ccccc23)oc1C. The number of amides is 1. The Hall–Kier alpha value is -2.27. The van der Waals surface area contributed by atoms with Crippen LogP contribution in [0.5, 0.6) is 0 Å². The van der Waals surface area contributed by atoms with Gasteiger partial charge in [0, 0.05) is 11.1 Å². The van der Waals surface area contributed by atoms with Crippen LogP contribution in [0.25, 0.3) is 10.8 Å². The van der Waals surface area contributed by atoms with Crippen LogP contribution in [0.2, 0.25) is 0 Å². The van der Waals surface area contributed by atoms with Gasteiger partial charge in [0.2, 0.25) is 5.91 Å². The largest absolute Gasteiger partial charge is 0.437 e. The van der Waals surface area contributed by atoms with Crippen molar-refractivity contribution in [3.8, 4) is 0 Å². The van der Waals surface area contributed by atoms with E-state index in [2.05, 4.69) is 10.3 Å². The number of nitrogens with one attached hydrogen (secondary N) is 1. The third-order valence-corrected chi connectivity index (χ3v) is 4.65. The first-order chi connectivity index (χ1) is 11.0. The van der Waals surface area contributed by atoms with Gasteiger partial charge in [-0.25, -0.2) is 4.98 Å². The number of thioether (sulfide) groups is 1. The molecule has 23 heavy (non-hydrogen) atoms. The second-order valence-electron chi connectivity index (χ2n) is 5.40. The molecular formula is C18H18N2O2S. The summed E-state index contributed by atoms with van der Waals surface area (Å²) in [6.07, 6.45) is 0. The Labute approximate surface area is 139 Å². The Bertz CT molecular complexity index is 832. The number of benzene rings is 2. The summed E-state index contributed by atoms with van der Waals surface area (Å²) in [7, 11) is 0. The maximum absolute atomic E-state index is 12.5. The average molecular weight is 326 g/mol.